The summed E-state index contributed by atoms with van der Waals surface area (Å²) in [6.07, 6.45) is 1.74. The molecule has 5 nitrogen and oxygen atoms in total. The van der Waals surface area contributed by atoms with Crippen LogP contribution in [0, 0.1) is 0 Å². The first-order chi connectivity index (χ1) is 9.94. The Morgan fingerprint density at radius 1 is 1.24 bits per heavy atom. The number of hydrogen-bond acceptors (Lipinski definition) is 4. The molecule has 0 aliphatic heterocycles. The number of aryl methyl sites for hydroxylation is 1. The predicted molar refractivity (Wildman–Crippen MR) is 82.8 cm³/mol. The Balaban J connectivity index is 1.92. The number of hydrogen-bond donors (Lipinski definition) is 1. The van der Waals surface area contributed by atoms with Crippen LogP contribution in [0.1, 0.15) is 26.7 Å². The molecular formula is C16H20N4O. The maximum absolute atomic E-state index is 5.84. The van der Waals surface area contributed by atoms with Crippen LogP contribution >= 0.6 is 0 Å². The Morgan fingerprint density at radius 2 is 2.00 bits per heavy atom. The lowest BCUT2D eigenvalue weighted by atomic mass is 10.1. The highest BCUT2D eigenvalue weighted by molar-refractivity contribution is 5.91. The van der Waals surface area contributed by atoms with Gasteiger partial charge in [-0.25, -0.2) is 4.98 Å². The van der Waals surface area contributed by atoms with Crippen LogP contribution in [-0.4, -0.2) is 20.3 Å². The van der Waals surface area contributed by atoms with E-state index in [2.05, 4.69) is 36.2 Å². The molecule has 0 unspecified atom stereocenters. The molecule has 0 saturated carbocycles. The van der Waals surface area contributed by atoms with Crippen LogP contribution in [0.4, 0.5) is 0 Å². The van der Waals surface area contributed by atoms with E-state index >= 15 is 0 Å². The van der Waals surface area contributed by atoms with Gasteiger partial charge in [-0.15, -0.1) is 0 Å². The Labute approximate surface area is 124 Å². The second kappa shape index (κ2) is 5.00. The Kier molecular flexibility index (Phi) is 3.29. The SMILES string of the molecule is Cn1nc(-c2cnc(CNC(C)(C)C)o2)c2ccccc21. The summed E-state index contributed by atoms with van der Waals surface area (Å²) >= 11 is 0. The van der Waals surface area contributed by atoms with E-state index in [0.717, 1.165) is 16.6 Å². The van der Waals surface area contributed by atoms with Crippen molar-refractivity contribution < 1.29 is 4.42 Å². The molecule has 0 fully saturated rings. The smallest absolute Gasteiger partial charge is 0.208 e. The van der Waals surface area contributed by atoms with Crippen molar-refractivity contribution in [2.24, 2.45) is 7.05 Å². The summed E-state index contributed by atoms with van der Waals surface area (Å²) in [7, 11) is 1.93. The maximum Gasteiger partial charge on any atom is 0.208 e. The van der Waals surface area contributed by atoms with E-state index in [9.17, 15) is 0 Å². The van der Waals surface area contributed by atoms with Crippen molar-refractivity contribution >= 4 is 10.9 Å². The van der Waals surface area contributed by atoms with Crippen molar-refractivity contribution in [1.29, 1.82) is 0 Å². The monoisotopic (exact) mass is 284 g/mol. The van der Waals surface area contributed by atoms with E-state index in [-0.39, 0.29) is 5.54 Å². The van der Waals surface area contributed by atoms with Crippen molar-refractivity contribution in [3.05, 3.63) is 36.4 Å². The number of fused-ring (bicyclic) bond motifs is 1. The topological polar surface area (TPSA) is 55.9 Å². The fraction of sp³-hybridized carbons (Fsp3) is 0.375. The second-order valence-corrected chi connectivity index (χ2v) is 6.21. The summed E-state index contributed by atoms with van der Waals surface area (Å²) in [6, 6.07) is 8.11. The first kappa shape index (κ1) is 13.8. The molecule has 2 aromatic heterocycles. The van der Waals surface area contributed by atoms with E-state index < -0.39 is 0 Å². The van der Waals surface area contributed by atoms with Crippen LogP contribution in [0.3, 0.4) is 0 Å². The third kappa shape index (κ3) is 2.83. The van der Waals surface area contributed by atoms with Gasteiger partial charge in [-0.3, -0.25) is 4.68 Å². The van der Waals surface area contributed by atoms with Crippen LogP contribution in [0.25, 0.3) is 22.4 Å². The van der Waals surface area contributed by atoms with Gasteiger partial charge in [0.1, 0.15) is 5.69 Å². The summed E-state index contributed by atoms with van der Waals surface area (Å²) in [6.45, 7) is 6.95. The van der Waals surface area contributed by atoms with Crippen molar-refractivity contribution in [2.75, 3.05) is 0 Å². The molecule has 0 radical (unpaired) electrons. The molecule has 0 spiro atoms. The quantitative estimate of drug-likeness (QED) is 0.803. The van der Waals surface area contributed by atoms with Crippen LogP contribution in [0.5, 0.6) is 0 Å². The van der Waals surface area contributed by atoms with Crippen LogP contribution in [0.2, 0.25) is 0 Å². The standard InChI is InChI=1S/C16H20N4O/c1-16(2,3)18-10-14-17-9-13(21-14)15-11-7-5-6-8-12(11)20(4)19-15/h5-9,18H,10H2,1-4H3. The van der Waals surface area contributed by atoms with Gasteiger partial charge in [-0.1, -0.05) is 18.2 Å². The number of rotatable bonds is 3. The van der Waals surface area contributed by atoms with Crippen molar-refractivity contribution in [2.45, 2.75) is 32.9 Å². The third-order valence-electron chi connectivity index (χ3n) is 3.31. The highest BCUT2D eigenvalue weighted by atomic mass is 16.4. The summed E-state index contributed by atoms with van der Waals surface area (Å²) in [5.41, 5.74) is 1.95. The predicted octanol–water partition coefficient (Wildman–Crippen LogP) is 3.12. The molecule has 0 saturated heterocycles. The lowest BCUT2D eigenvalue weighted by Crippen LogP contribution is -2.35. The summed E-state index contributed by atoms with van der Waals surface area (Å²) < 4.78 is 7.70. The summed E-state index contributed by atoms with van der Waals surface area (Å²) in [4.78, 5) is 4.33. The van der Waals surface area contributed by atoms with Crippen LogP contribution < -0.4 is 5.32 Å². The normalized spacial score (nSPS) is 12.2. The Bertz CT molecular complexity index is 764. The minimum Gasteiger partial charge on any atom is -0.438 e. The number of benzene rings is 1. The first-order valence-corrected chi connectivity index (χ1v) is 7.06. The minimum absolute atomic E-state index is 0.0341. The van der Waals surface area contributed by atoms with E-state index in [1.807, 2.05) is 36.0 Å². The van der Waals surface area contributed by atoms with Gasteiger partial charge in [-0.2, -0.15) is 5.10 Å². The molecule has 1 aromatic carbocycles. The molecule has 3 rings (SSSR count). The van der Waals surface area contributed by atoms with Crippen molar-refractivity contribution in [3.8, 4) is 11.5 Å². The van der Waals surface area contributed by atoms with Gasteiger partial charge in [-0.05, 0) is 26.8 Å². The Morgan fingerprint density at radius 3 is 2.76 bits per heavy atom. The van der Waals surface area contributed by atoms with E-state index in [1.165, 1.54) is 0 Å². The van der Waals surface area contributed by atoms with Crippen molar-refractivity contribution in [3.63, 3.8) is 0 Å². The number of para-hydroxylation sites is 1. The van der Waals surface area contributed by atoms with Gasteiger partial charge >= 0.3 is 0 Å². The zero-order valence-electron chi connectivity index (χ0n) is 12.8. The average Bonchev–Trinajstić information content (AvgIpc) is 3.01. The van der Waals surface area contributed by atoms with Crippen LogP contribution in [0.15, 0.2) is 34.9 Å². The van der Waals surface area contributed by atoms with Gasteiger partial charge in [0.15, 0.2) is 5.76 Å². The van der Waals surface area contributed by atoms with Gasteiger partial charge in [0, 0.05) is 18.0 Å². The number of nitrogens with zero attached hydrogens (tertiary/aromatic N) is 3. The highest BCUT2D eigenvalue weighted by Gasteiger charge is 2.16. The molecule has 110 valence electrons. The van der Waals surface area contributed by atoms with Crippen LogP contribution in [-0.2, 0) is 13.6 Å². The van der Waals surface area contributed by atoms with Gasteiger partial charge < -0.3 is 9.73 Å². The number of aromatic nitrogens is 3. The minimum atomic E-state index is 0.0341. The molecule has 0 aliphatic rings. The molecule has 3 aromatic rings. The number of nitrogens with one attached hydrogen (secondary N) is 1. The second-order valence-electron chi connectivity index (χ2n) is 6.21. The zero-order chi connectivity index (χ0) is 15.0. The summed E-state index contributed by atoms with van der Waals surface area (Å²) in [5, 5.41) is 8.98. The molecule has 2 heterocycles. The molecular weight excluding hydrogens is 264 g/mol. The van der Waals surface area contributed by atoms with Gasteiger partial charge in [0.25, 0.3) is 0 Å². The van der Waals surface area contributed by atoms with Gasteiger partial charge in [0.2, 0.25) is 5.89 Å². The molecule has 1 N–H and O–H groups in total. The number of oxazole rings is 1. The largest absolute Gasteiger partial charge is 0.438 e. The van der Waals surface area contributed by atoms with Gasteiger partial charge in [0.05, 0.1) is 18.3 Å². The molecule has 5 heteroatoms. The zero-order valence-corrected chi connectivity index (χ0v) is 12.8. The fourth-order valence-electron chi connectivity index (χ4n) is 2.24. The van der Waals surface area contributed by atoms with E-state index in [1.54, 1.807) is 6.20 Å². The molecule has 21 heavy (non-hydrogen) atoms. The molecule has 0 amide bonds. The Hall–Kier alpha value is -2.14. The van der Waals surface area contributed by atoms with E-state index in [4.69, 9.17) is 4.42 Å². The average molecular weight is 284 g/mol. The summed E-state index contributed by atoms with van der Waals surface area (Å²) in [5.74, 6) is 1.38. The van der Waals surface area contributed by atoms with E-state index in [0.29, 0.717) is 18.2 Å². The third-order valence-corrected chi connectivity index (χ3v) is 3.31. The fourth-order valence-corrected chi connectivity index (χ4v) is 2.24. The first-order valence-electron chi connectivity index (χ1n) is 7.06. The molecule has 0 atom stereocenters. The molecule has 0 bridgehead atoms. The van der Waals surface area contributed by atoms with Crippen molar-refractivity contribution in [1.82, 2.24) is 20.1 Å². The molecule has 0 aliphatic carbocycles. The lowest BCUT2D eigenvalue weighted by Gasteiger charge is -2.18. The maximum atomic E-state index is 5.84. The lowest BCUT2D eigenvalue weighted by molar-refractivity contribution is 0.383. The highest BCUT2D eigenvalue weighted by Crippen LogP contribution is 2.27.